The van der Waals surface area contributed by atoms with Gasteiger partial charge in [-0.05, 0) is 37.4 Å². The molecule has 0 saturated heterocycles. The van der Waals surface area contributed by atoms with Crippen molar-refractivity contribution in [3.05, 3.63) is 106 Å². The van der Waals surface area contributed by atoms with E-state index >= 15 is 8.78 Å². The number of aromatic nitrogens is 4. The minimum Gasteiger partial charge on any atom is -0.494 e. The summed E-state index contributed by atoms with van der Waals surface area (Å²) < 4.78 is 44.6. The second kappa shape index (κ2) is 13.7. The van der Waals surface area contributed by atoms with Crippen molar-refractivity contribution in [2.45, 2.75) is 13.0 Å². The first-order valence-electron chi connectivity index (χ1n) is 14.4. The first kappa shape index (κ1) is 32.0. The Morgan fingerprint density at radius 1 is 1.00 bits per heavy atom. The van der Waals surface area contributed by atoms with E-state index < -0.39 is 22.8 Å². The predicted octanol–water partition coefficient (Wildman–Crippen LogP) is 5.11. The van der Waals surface area contributed by atoms with Crippen LogP contribution >= 0.6 is 0 Å². The van der Waals surface area contributed by atoms with Crippen LogP contribution in [0, 0.1) is 11.6 Å². The minimum atomic E-state index is -1.03. The van der Waals surface area contributed by atoms with Crippen LogP contribution in [0.15, 0.2) is 77.9 Å². The van der Waals surface area contributed by atoms with Gasteiger partial charge in [-0.2, -0.15) is 5.10 Å². The third kappa shape index (κ3) is 6.97. The lowest BCUT2D eigenvalue weighted by Gasteiger charge is -2.17. The number of methoxy groups -OCH3 is 2. The topological polar surface area (TPSA) is 104 Å². The maximum Gasteiger partial charge on any atom is 0.259 e. The normalized spacial score (nSPS) is 11.5. The van der Waals surface area contributed by atoms with Gasteiger partial charge in [0.05, 0.1) is 37.4 Å². The summed E-state index contributed by atoms with van der Waals surface area (Å²) in [6.07, 6.45) is 6.83. The number of fused-ring (bicyclic) bond motifs is 1. The van der Waals surface area contributed by atoms with Gasteiger partial charge in [-0.25, -0.2) is 13.8 Å². The number of carbonyl (C=O) groups is 1. The molecule has 0 aliphatic heterocycles. The molecule has 5 aromatic rings. The molecule has 0 aliphatic carbocycles. The molecular formula is C34H34F2N6O4. The van der Waals surface area contributed by atoms with Crippen LogP contribution in [0.1, 0.15) is 11.1 Å². The van der Waals surface area contributed by atoms with Gasteiger partial charge in [-0.3, -0.25) is 14.3 Å². The molecule has 46 heavy (non-hydrogen) atoms. The molecule has 0 radical (unpaired) electrons. The summed E-state index contributed by atoms with van der Waals surface area (Å²) in [6, 6.07) is 13.3. The Balaban J connectivity index is 1.63. The van der Waals surface area contributed by atoms with Crippen molar-refractivity contribution in [3.8, 4) is 22.6 Å². The Morgan fingerprint density at radius 2 is 1.72 bits per heavy atom. The quantitative estimate of drug-likeness (QED) is 0.190. The molecule has 2 aromatic carbocycles. The molecule has 12 heteroatoms. The van der Waals surface area contributed by atoms with Gasteiger partial charge in [-0.1, -0.05) is 30.3 Å². The highest BCUT2D eigenvalue weighted by atomic mass is 19.1. The number of ether oxygens (including phenoxy) is 2. The van der Waals surface area contributed by atoms with Gasteiger partial charge in [0.2, 0.25) is 0 Å². The molecule has 0 spiro atoms. The first-order chi connectivity index (χ1) is 22.1. The molecule has 238 valence electrons. The Hall–Kier alpha value is -5.36. The van der Waals surface area contributed by atoms with Gasteiger partial charge in [-0.15, -0.1) is 0 Å². The maximum atomic E-state index is 15.6. The monoisotopic (exact) mass is 628 g/mol. The zero-order valence-electron chi connectivity index (χ0n) is 26.2. The Bertz CT molecular complexity index is 1970. The second-order valence-corrected chi connectivity index (χ2v) is 11.0. The third-order valence-electron chi connectivity index (χ3n) is 7.28. The number of allylic oxidation sites excluding steroid dienone is 1. The molecule has 0 atom stereocenters. The zero-order valence-corrected chi connectivity index (χ0v) is 26.2. The van der Waals surface area contributed by atoms with E-state index in [-0.39, 0.29) is 35.8 Å². The molecule has 3 heterocycles. The number of anilines is 2. The Morgan fingerprint density at radius 3 is 2.37 bits per heavy atom. The van der Waals surface area contributed by atoms with Gasteiger partial charge >= 0.3 is 0 Å². The molecule has 10 nitrogen and oxygen atoms in total. The Labute approximate surface area is 264 Å². The lowest BCUT2D eigenvalue weighted by molar-refractivity contribution is -0.114. The third-order valence-corrected chi connectivity index (χ3v) is 7.28. The lowest BCUT2D eigenvalue weighted by atomic mass is 10.0. The fraction of sp³-hybridized carbons (Fsp3) is 0.235. The van der Waals surface area contributed by atoms with Crippen LogP contribution in [-0.2, 0) is 24.8 Å². The van der Waals surface area contributed by atoms with Gasteiger partial charge < -0.3 is 24.3 Å². The fourth-order valence-electron chi connectivity index (χ4n) is 5.09. The van der Waals surface area contributed by atoms with Crippen molar-refractivity contribution < 1.29 is 23.0 Å². The van der Waals surface area contributed by atoms with Crippen molar-refractivity contribution in [1.82, 2.24) is 24.2 Å². The van der Waals surface area contributed by atoms with Gasteiger partial charge in [0.25, 0.3) is 5.56 Å². The SMILES string of the molecule is COc1cc(OC)c(F)c(-c2cc3cnc(Nc4ccn(C)n4)cc3n(Cc3cccc(CC(=O)/C=C/CN(C)C)c3)c2=O)c1F. The van der Waals surface area contributed by atoms with Crippen LogP contribution in [0.2, 0.25) is 0 Å². The van der Waals surface area contributed by atoms with Gasteiger partial charge in [0, 0.05) is 56.0 Å². The van der Waals surface area contributed by atoms with Crippen LogP contribution in [0.5, 0.6) is 11.5 Å². The number of halogens is 2. The van der Waals surface area contributed by atoms with Crippen molar-refractivity contribution in [1.29, 1.82) is 0 Å². The Kier molecular flexibility index (Phi) is 9.57. The molecule has 0 fully saturated rings. The summed E-state index contributed by atoms with van der Waals surface area (Å²) in [5.41, 5.74) is 0.484. The fourth-order valence-corrected chi connectivity index (χ4v) is 5.09. The summed E-state index contributed by atoms with van der Waals surface area (Å²) in [6.45, 7) is 0.684. The maximum absolute atomic E-state index is 15.6. The number of carbonyl (C=O) groups excluding carboxylic acids is 1. The van der Waals surface area contributed by atoms with E-state index in [2.05, 4.69) is 15.4 Å². The molecule has 1 N–H and O–H groups in total. The summed E-state index contributed by atoms with van der Waals surface area (Å²) in [7, 11) is 8.11. The standard InChI is InChI=1S/C34H34F2N6O4/c1-40(2)12-7-10-24(43)15-21-8-6-9-22(14-21)20-42-26-17-30(38-29-11-13-41(3)39-29)37-19-23(26)16-25(34(42)44)31-32(35)27(45-4)18-28(46-5)33(31)36/h6-11,13-14,16-19H,12,15,20H2,1-5H3,(H,37,38,39)/b10-7+. The van der Waals surface area contributed by atoms with E-state index in [4.69, 9.17) is 9.47 Å². The predicted molar refractivity (Wildman–Crippen MR) is 173 cm³/mol. The highest BCUT2D eigenvalue weighted by Crippen LogP contribution is 2.37. The molecule has 5 rings (SSSR count). The number of benzene rings is 2. The zero-order chi connectivity index (χ0) is 33.0. The van der Waals surface area contributed by atoms with Gasteiger partial charge in [0.15, 0.2) is 34.7 Å². The highest BCUT2D eigenvalue weighted by molar-refractivity contribution is 5.91. The minimum absolute atomic E-state index is 0.0407. The molecular weight excluding hydrogens is 594 g/mol. The molecule has 0 aliphatic rings. The number of nitrogens with one attached hydrogen (secondary N) is 1. The van der Waals surface area contributed by atoms with E-state index in [9.17, 15) is 9.59 Å². The van der Waals surface area contributed by atoms with Crippen LogP contribution < -0.4 is 20.3 Å². The van der Waals surface area contributed by atoms with Crippen LogP contribution in [0.3, 0.4) is 0 Å². The van der Waals surface area contributed by atoms with Crippen LogP contribution in [-0.4, -0.2) is 64.9 Å². The van der Waals surface area contributed by atoms with E-state index in [1.165, 1.54) is 31.0 Å². The van der Waals surface area contributed by atoms with Crippen molar-refractivity contribution in [2.75, 3.05) is 40.2 Å². The molecule has 0 amide bonds. The number of aryl methyl sites for hydroxylation is 1. The van der Waals surface area contributed by atoms with E-state index in [1.54, 1.807) is 48.3 Å². The van der Waals surface area contributed by atoms with Crippen molar-refractivity contribution >= 4 is 28.3 Å². The van der Waals surface area contributed by atoms with Crippen molar-refractivity contribution in [3.63, 3.8) is 0 Å². The largest absolute Gasteiger partial charge is 0.494 e. The number of ketones is 1. The average molecular weight is 629 g/mol. The molecule has 3 aromatic heterocycles. The average Bonchev–Trinajstić information content (AvgIpc) is 3.43. The number of likely N-dealkylation sites (N-methyl/N-ethyl adjacent to an activating group) is 1. The van der Waals surface area contributed by atoms with E-state index in [0.717, 1.165) is 11.6 Å². The van der Waals surface area contributed by atoms with Crippen LogP contribution in [0.25, 0.3) is 22.0 Å². The molecule has 0 bridgehead atoms. The first-order valence-corrected chi connectivity index (χ1v) is 14.4. The number of pyridine rings is 2. The number of nitrogens with zero attached hydrogens (tertiary/aromatic N) is 5. The summed E-state index contributed by atoms with van der Waals surface area (Å²) in [5.74, 6) is -1.71. The summed E-state index contributed by atoms with van der Waals surface area (Å²) in [5, 5.41) is 7.89. The highest BCUT2D eigenvalue weighted by Gasteiger charge is 2.25. The lowest BCUT2D eigenvalue weighted by Crippen LogP contribution is -2.24. The molecule has 0 unspecified atom stereocenters. The summed E-state index contributed by atoms with van der Waals surface area (Å²) in [4.78, 5) is 33.2. The van der Waals surface area contributed by atoms with E-state index in [0.29, 0.717) is 34.6 Å². The number of rotatable bonds is 12. The second-order valence-electron chi connectivity index (χ2n) is 11.0. The van der Waals surface area contributed by atoms with Gasteiger partial charge in [0.1, 0.15) is 5.82 Å². The smallest absolute Gasteiger partial charge is 0.259 e. The number of hydrogen-bond donors (Lipinski definition) is 1. The van der Waals surface area contributed by atoms with E-state index in [1.807, 2.05) is 37.2 Å². The summed E-state index contributed by atoms with van der Waals surface area (Å²) >= 11 is 0. The van der Waals surface area contributed by atoms with Crippen LogP contribution in [0.4, 0.5) is 20.4 Å². The van der Waals surface area contributed by atoms with Crippen molar-refractivity contribution in [2.24, 2.45) is 7.05 Å². The number of hydrogen-bond acceptors (Lipinski definition) is 8. The molecule has 0 saturated carbocycles.